The quantitative estimate of drug-likeness (QED) is 0.638. The lowest BCUT2D eigenvalue weighted by Gasteiger charge is -2.08. The number of ether oxygens (including phenoxy) is 1. The summed E-state index contributed by atoms with van der Waals surface area (Å²) in [6, 6.07) is 12.6. The van der Waals surface area contributed by atoms with Crippen LogP contribution in [0.2, 0.25) is 0 Å². The zero-order chi connectivity index (χ0) is 20.8. The Morgan fingerprint density at radius 1 is 1.10 bits per heavy atom. The van der Waals surface area contributed by atoms with Crippen molar-refractivity contribution in [2.75, 3.05) is 18.5 Å². The third-order valence-corrected chi connectivity index (χ3v) is 4.04. The van der Waals surface area contributed by atoms with Gasteiger partial charge in [0, 0.05) is 5.69 Å². The molecule has 150 valence electrons. The fourth-order valence-electron chi connectivity index (χ4n) is 2.62. The van der Waals surface area contributed by atoms with E-state index in [1.807, 2.05) is 6.92 Å². The first-order valence-corrected chi connectivity index (χ1v) is 8.97. The van der Waals surface area contributed by atoms with E-state index in [2.05, 4.69) is 20.9 Å². The van der Waals surface area contributed by atoms with Crippen LogP contribution in [0.5, 0.6) is 5.75 Å². The number of hydrogen-bond acceptors (Lipinski definition) is 5. The van der Waals surface area contributed by atoms with Crippen LogP contribution in [0, 0.1) is 12.7 Å². The third-order valence-electron chi connectivity index (χ3n) is 4.04. The fourth-order valence-corrected chi connectivity index (χ4v) is 2.62. The first-order chi connectivity index (χ1) is 14.0. The number of nitrogens with one attached hydrogen (secondary N) is 2. The van der Waals surface area contributed by atoms with Crippen molar-refractivity contribution < 1.29 is 18.7 Å². The Hall–Kier alpha value is -3.75. The SMILES string of the molecule is CCOc1ccc(NC(=O)CNC(=O)c2nnn(-c3ccc(F)cc3)c2C)cc1. The van der Waals surface area contributed by atoms with Crippen molar-refractivity contribution in [3.05, 3.63) is 65.7 Å². The summed E-state index contributed by atoms with van der Waals surface area (Å²) in [5.74, 6) is -0.578. The minimum atomic E-state index is -0.530. The lowest BCUT2D eigenvalue weighted by Crippen LogP contribution is -2.33. The number of amides is 2. The Morgan fingerprint density at radius 3 is 2.45 bits per heavy atom. The van der Waals surface area contributed by atoms with E-state index in [4.69, 9.17) is 4.74 Å². The fraction of sp³-hybridized carbons (Fsp3) is 0.200. The maximum atomic E-state index is 13.1. The molecule has 0 radical (unpaired) electrons. The van der Waals surface area contributed by atoms with Gasteiger partial charge in [0.15, 0.2) is 5.69 Å². The molecule has 29 heavy (non-hydrogen) atoms. The molecular formula is C20H20FN5O3. The summed E-state index contributed by atoms with van der Waals surface area (Å²) in [6.07, 6.45) is 0. The normalized spacial score (nSPS) is 10.4. The van der Waals surface area contributed by atoms with E-state index in [9.17, 15) is 14.0 Å². The topological polar surface area (TPSA) is 98.1 Å². The van der Waals surface area contributed by atoms with E-state index in [0.717, 1.165) is 0 Å². The van der Waals surface area contributed by atoms with Crippen molar-refractivity contribution in [2.24, 2.45) is 0 Å². The largest absolute Gasteiger partial charge is 0.494 e. The van der Waals surface area contributed by atoms with Gasteiger partial charge in [-0.1, -0.05) is 5.21 Å². The summed E-state index contributed by atoms with van der Waals surface area (Å²) in [7, 11) is 0. The van der Waals surface area contributed by atoms with Crippen LogP contribution < -0.4 is 15.4 Å². The molecule has 0 aliphatic heterocycles. The molecule has 2 N–H and O–H groups in total. The first kappa shape index (κ1) is 20.0. The van der Waals surface area contributed by atoms with E-state index >= 15 is 0 Å². The van der Waals surface area contributed by atoms with Gasteiger partial charge in [0.1, 0.15) is 11.6 Å². The highest BCUT2D eigenvalue weighted by atomic mass is 19.1. The molecule has 2 amide bonds. The van der Waals surface area contributed by atoms with E-state index < -0.39 is 5.91 Å². The Bertz CT molecular complexity index is 1000. The number of nitrogens with zero attached hydrogens (tertiary/aromatic N) is 3. The van der Waals surface area contributed by atoms with Crippen molar-refractivity contribution in [1.29, 1.82) is 0 Å². The Kier molecular flexibility index (Phi) is 6.18. The molecule has 0 saturated carbocycles. The second-order valence-electron chi connectivity index (χ2n) is 6.10. The standard InChI is InChI=1S/C20H20FN5O3/c1-3-29-17-10-6-15(7-11-17)23-18(27)12-22-20(28)19-13(2)26(25-24-19)16-8-4-14(21)5-9-16/h4-11H,3,12H2,1-2H3,(H,22,28)(H,23,27). The van der Waals surface area contributed by atoms with Gasteiger partial charge in [-0.25, -0.2) is 9.07 Å². The third kappa shape index (κ3) is 4.95. The Morgan fingerprint density at radius 2 is 1.79 bits per heavy atom. The molecule has 0 spiro atoms. The van der Waals surface area contributed by atoms with E-state index in [-0.39, 0.29) is 24.0 Å². The predicted octanol–water partition coefficient (Wildman–Crippen LogP) is 2.48. The van der Waals surface area contributed by atoms with E-state index in [0.29, 0.717) is 29.4 Å². The number of carbonyl (C=O) groups excluding carboxylic acids is 2. The second-order valence-corrected chi connectivity index (χ2v) is 6.10. The van der Waals surface area contributed by atoms with Crippen LogP contribution in [0.4, 0.5) is 10.1 Å². The molecule has 0 bridgehead atoms. The number of carbonyl (C=O) groups is 2. The average Bonchev–Trinajstić information content (AvgIpc) is 3.10. The van der Waals surface area contributed by atoms with Gasteiger partial charge in [-0.3, -0.25) is 9.59 Å². The minimum absolute atomic E-state index is 0.0863. The van der Waals surface area contributed by atoms with Crippen LogP contribution in [0.3, 0.4) is 0 Å². The van der Waals surface area contributed by atoms with Gasteiger partial charge in [-0.15, -0.1) is 5.10 Å². The molecule has 8 nitrogen and oxygen atoms in total. The highest BCUT2D eigenvalue weighted by Crippen LogP contribution is 2.15. The molecule has 3 aromatic rings. The number of aromatic nitrogens is 3. The van der Waals surface area contributed by atoms with Crippen molar-refractivity contribution in [1.82, 2.24) is 20.3 Å². The molecule has 0 unspecified atom stereocenters. The number of hydrogen-bond donors (Lipinski definition) is 2. The molecule has 9 heteroatoms. The highest BCUT2D eigenvalue weighted by molar-refractivity contribution is 5.98. The summed E-state index contributed by atoms with van der Waals surface area (Å²) in [5.41, 5.74) is 1.72. The second kappa shape index (κ2) is 8.96. The Labute approximate surface area is 166 Å². The molecule has 0 aliphatic carbocycles. The summed E-state index contributed by atoms with van der Waals surface area (Å²) in [5, 5.41) is 13.0. The van der Waals surface area contributed by atoms with Crippen LogP contribution in [-0.4, -0.2) is 40.0 Å². The van der Waals surface area contributed by atoms with Crippen LogP contribution in [0.1, 0.15) is 23.1 Å². The molecule has 1 heterocycles. The molecule has 0 aliphatic rings. The van der Waals surface area contributed by atoms with Gasteiger partial charge < -0.3 is 15.4 Å². The van der Waals surface area contributed by atoms with Gasteiger partial charge in [-0.05, 0) is 62.4 Å². The van der Waals surface area contributed by atoms with Crippen molar-refractivity contribution in [3.8, 4) is 11.4 Å². The Balaban J connectivity index is 1.57. The smallest absolute Gasteiger partial charge is 0.274 e. The van der Waals surface area contributed by atoms with Crippen LogP contribution in [0.25, 0.3) is 5.69 Å². The minimum Gasteiger partial charge on any atom is -0.494 e. The van der Waals surface area contributed by atoms with Gasteiger partial charge in [0.2, 0.25) is 5.91 Å². The number of halogens is 1. The molecular weight excluding hydrogens is 377 g/mol. The molecule has 0 saturated heterocycles. The lowest BCUT2D eigenvalue weighted by atomic mass is 10.2. The molecule has 3 rings (SSSR count). The van der Waals surface area contributed by atoms with Crippen LogP contribution in [-0.2, 0) is 4.79 Å². The average molecular weight is 397 g/mol. The maximum Gasteiger partial charge on any atom is 0.274 e. The monoisotopic (exact) mass is 397 g/mol. The zero-order valence-electron chi connectivity index (χ0n) is 16.0. The van der Waals surface area contributed by atoms with Crippen molar-refractivity contribution in [2.45, 2.75) is 13.8 Å². The van der Waals surface area contributed by atoms with Gasteiger partial charge in [-0.2, -0.15) is 0 Å². The zero-order valence-corrected chi connectivity index (χ0v) is 16.0. The highest BCUT2D eigenvalue weighted by Gasteiger charge is 2.18. The summed E-state index contributed by atoms with van der Waals surface area (Å²) in [6.45, 7) is 3.88. The van der Waals surface area contributed by atoms with Crippen molar-refractivity contribution >= 4 is 17.5 Å². The van der Waals surface area contributed by atoms with Crippen LogP contribution in [0.15, 0.2) is 48.5 Å². The van der Waals surface area contributed by atoms with E-state index in [1.165, 1.54) is 28.9 Å². The van der Waals surface area contributed by atoms with E-state index in [1.54, 1.807) is 31.2 Å². The summed E-state index contributed by atoms with van der Waals surface area (Å²) in [4.78, 5) is 24.4. The van der Waals surface area contributed by atoms with Crippen molar-refractivity contribution in [3.63, 3.8) is 0 Å². The van der Waals surface area contributed by atoms with Crippen LogP contribution >= 0.6 is 0 Å². The number of anilines is 1. The molecule has 1 aromatic heterocycles. The number of rotatable bonds is 7. The van der Waals surface area contributed by atoms with Gasteiger partial charge in [0.25, 0.3) is 5.91 Å². The predicted molar refractivity (Wildman–Crippen MR) is 105 cm³/mol. The maximum absolute atomic E-state index is 13.1. The molecule has 2 aromatic carbocycles. The first-order valence-electron chi connectivity index (χ1n) is 8.97. The summed E-state index contributed by atoms with van der Waals surface area (Å²) >= 11 is 0. The van der Waals surface area contributed by atoms with Gasteiger partial charge >= 0.3 is 0 Å². The molecule has 0 atom stereocenters. The summed E-state index contributed by atoms with van der Waals surface area (Å²) < 4.78 is 19.8. The molecule has 0 fully saturated rings. The number of benzene rings is 2. The van der Waals surface area contributed by atoms with Gasteiger partial charge in [0.05, 0.1) is 24.5 Å². The lowest BCUT2D eigenvalue weighted by molar-refractivity contribution is -0.115.